The van der Waals surface area contributed by atoms with E-state index in [0.717, 1.165) is 11.8 Å². The van der Waals surface area contributed by atoms with E-state index >= 15 is 0 Å². The molecule has 0 unspecified atom stereocenters. The molecule has 0 radical (unpaired) electrons. The number of hydrogen-bond acceptors (Lipinski definition) is 5. The molecule has 9 heteroatoms. The monoisotopic (exact) mass is 385 g/mol. The van der Waals surface area contributed by atoms with Crippen LogP contribution in [0.5, 0.6) is 0 Å². The van der Waals surface area contributed by atoms with Crippen LogP contribution >= 0.6 is 46.3 Å². The van der Waals surface area contributed by atoms with Gasteiger partial charge in [0.05, 0.1) is 21.8 Å². The second-order valence-corrected chi connectivity index (χ2v) is 7.17. The topological polar surface area (TPSA) is 74.8 Å². The Morgan fingerprint density at radius 1 is 1.35 bits per heavy atom. The predicted molar refractivity (Wildman–Crippen MR) is 96.1 cm³/mol. The molecule has 0 saturated carbocycles. The third-order valence-corrected chi connectivity index (χ3v) is 5.10. The number of carbonyl (C=O) groups is 1. The van der Waals surface area contributed by atoms with Gasteiger partial charge in [0.25, 0.3) is 5.56 Å². The molecule has 0 spiro atoms. The molecule has 23 heavy (non-hydrogen) atoms. The first-order valence-electron chi connectivity index (χ1n) is 6.38. The normalized spacial score (nSPS) is 10.9. The highest BCUT2D eigenvalue weighted by Crippen LogP contribution is 2.26. The van der Waals surface area contributed by atoms with Crippen LogP contribution in [-0.4, -0.2) is 21.6 Å². The van der Waals surface area contributed by atoms with E-state index in [2.05, 4.69) is 15.3 Å². The number of amides is 1. The lowest BCUT2D eigenvalue weighted by Gasteiger charge is -2.07. The minimum Gasteiger partial charge on any atom is -0.324 e. The summed E-state index contributed by atoms with van der Waals surface area (Å²) < 4.78 is 0. The zero-order valence-electron chi connectivity index (χ0n) is 11.4. The Morgan fingerprint density at radius 3 is 3.00 bits per heavy atom. The average Bonchev–Trinajstić information content (AvgIpc) is 2.98. The van der Waals surface area contributed by atoms with Gasteiger partial charge >= 0.3 is 0 Å². The van der Waals surface area contributed by atoms with Crippen molar-refractivity contribution in [2.24, 2.45) is 0 Å². The van der Waals surface area contributed by atoms with Crippen molar-refractivity contribution >= 4 is 68.1 Å². The minimum absolute atomic E-state index is 0.0860. The maximum atomic E-state index is 12.0. The zero-order chi connectivity index (χ0) is 16.4. The first-order chi connectivity index (χ1) is 11.0. The summed E-state index contributed by atoms with van der Waals surface area (Å²) in [5.41, 5.74) is 0.233. The molecule has 0 aliphatic heterocycles. The number of H-pyrrole nitrogens is 1. The van der Waals surface area contributed by atoms with E-state index in [1.165, 1.54) is 11.3 Å². The van der Waals surface area contributed by atoms with Gasteiger partial charge in [0, 0.05) is 5.02 Å². The Balaban J connectivity index is 1.68. The number of thiophene rings is 1. The lowest BCUT2D eigenvalue weighted by Crippen LogP contribution is -2.15. The number of nitrogens with one attached hydrogen (secondary N) is 2. The average molecular weight is 386 g/mol. The maximum absolute atomic E-state index is 12.0. The molecule has 3 aromatic rings. The molecule has 2 N–H and O–H groups in total. The molecule has 0 atom stereocenters. The van der Waals surface area contributed by atoms with E-state index in [9.17, 15) is 9.59 Å². The van der Waals surface area contributed by atoms with Gasteiger partial charge in [0.1, 0.15) is 4.83 Å². The number of halogens is 2. The molecule has 0 saturated heterocycles. The molecule has 2 heterocycles. The van der Waals surface area contributed by atoms with E-state index in [1.54, 1.807) is 29.6 Å². The molecule has 118 valence electrons. The van der Waals surface area contributed by atoms with Crippen molar-refractivity contribution in [1.82, 2.24) is 9.97 Å². The molecule has 3 rings (SSSR count). The molecule has 5 nitrogen and oxygen atoms in total. The second-order valence-electron chi connectivity index (χ2n) is 4.47. The smallest absolute Gasteiger partial charge is 0.260 e. The highest BCUT2D eigenvalue weighted by atomic mass is 35.5. The second kappa shape index (κ2) is 6.92. The number of aromatic nitrogens is 2. The Labute approximate surface area is 149 Å². The molecule has 0 aliphatic carbocycles. The van der Waals surface area contributed by atoms with Gasteiger partial charge < -0.3 is 10.3 Å². The molecule has 2 aromatic heterocycles. The fraction of sp³-hybridized carbons (Fsp3) is 0.0714. The molecule has 0 fully saturated rings. The molecule has 1 amide bonds. The van der Waals surface area contributed by atoms with Crippen LogP contribution in [0.4, 0.5) is 5.69 Å². The van der Waals surface area contributed by atoms with Crippen LogP contribution in [0, 0.1) is 0 Å². The van der Waals surface area contributed by atoms with E-state index in [0.29, 0.717) is 31.1 Å². The summed E-state index contributed by atoms with van der Waals surface area (Å²) in [6.07, 6.45) is 0. The van der Waals surface area contributed by atoms with Crippen LogP contribution in [-0.2, 0) is 4.79 Å². The van der Waals surface area contributed by atoms with Gasteiger partial charge in [-0.3, -0.25) is 9.59 Å². The highest BCUT2D eigenvalue weighted by Gasteiger charge is 2.10. The van der Waals surface area contributed by atoms with Crippen LogP contribution in [0.25, 0.3) is 10.2 Å². The Kier molecular flexibility index (Phi) is 4.91. The summed E-state index contributed by atoms with van der Waals surface area (Å²) in [5, 5.41) is 6.31. The number of fused-ring (bicyclic) bond motifs is 1. The number of aromatic amines is 1. The highest BCUT2D eigenvalue weighted by molar-refractivity contribution is 7.99. The molecular weight excluding hydrogens is 377 g/mol. The summed E-state index contributed by atoms with van der Waals surface area (Å²) in [6.45, 7) is 0. The predicted octanol–water partition coefficient (Wildman–Crippen LogP) is 4.02. The van der Waals surface area contributed by atoms with Gasteiger partial charge in [-0.2, -0.15) is 0 Å². The lowest BCUT2D eigenvalue weighted by atomic mass is 10.3. The van der Waals surface area contributed by atoms with Crippen LogP contribution in [0.3, 0.4) is 0 Å². The maximum Gasteiger partial charge on any atom is 0.260 e. The van der Waals surface area contributed by atoms with E-state index < -0.39 is 0 Å². The van der Waals surface area contributed by atoms with Crippen molar-refractivity contribution in [3.8, 4) is 0 Å². The van der Waals surface area contributed by atoms with Gasteiger partial charge in [-0.25, -0.2) is 4.98 Å². The van der Waals surface area contributed by atoms with Gasteiger partial charge in [-0.15, -0.1) is 11.3 Å². The van der Waals surface area contributed by atoms with Crippen LogP contribution in [0.1, 0.15) is 0 Å². The lowest BCUT2D eigenvalue weighted by molar-refractivity contribution is -0.113. The number of rotatable bonds is 4. The first-order valence-corrected chi connectivity index (χ1v) is 9.00. The summed E-state index contributed by atoms with van der Waals surface area (Å²) in [6, 6.07) is 6.54. The van der Waals surface area contributed by atoms with Crippen molar-refractivity contribution in [2.75, 3.05) is 11.1 Å². The van der Waals surface area contributed by atoms with Crippen molar-refractivity contribution in [3.63, 3.8) is 0 Å². The number of nitrogens with zero attached hydrogens (tertiary/aromatic N) is 1. The molecule has 1 aromatic carbocycles. The SMILES string of the molecule is O=C(CSc1nc2sccc2c(=O)[nH]1)Nc1cc(Cl)ccc1Cl. The van der Waals surface area contributed by atoms with Crippen LogP contribution in [0.15, 0.2) is 39.6 Å². The van der Waals surface area contributed by atoms with Gasteiger partial charge in [0.2, 0.25) is 5.91 Å². The summed E-state index contributed by atoms with van der Waals surface area (Å²) >= 11 is 14.4. The van der Waals surface area contributed by atoms with Crippen molar-refractivity contribution < 1.29 is 4.79 Å². The Morgan fingerprint density at radius 2 is 2.17 bits per heavy atom. The fourth-order valence-corrected chi connectivity index (χ4v) is 3.65. The summed E-state index contributed by atoms with van der Waals surface area (Å²) in [5.74, 6) is -0.184. The van der Waals surface area contributed by atoms with E-state index in [4.69, 9.17) is 23.2 Å². The van der Waals surface area contributed by atoms with Gasteiger partial charge in [0.15, 0.2) is 5.16 Å². The quantitative estimate of drug-likeness (QED) is 0.525. The van der Waals surface area contributed by atoms with Gasteiger partial charge in [-0.1, -0.05) is 35.0 Å². The molecule has 0 aliphatic rings. The number of anilines is 1. The molecular formula is C14H9Cl2N3O2S2. The zero-order valence-corrected chi connectivity index (χ0v) is 14.6. The van der Waals surface area contributed by atoms with Crippen molar-refractivity contribution in [1.29, 1.82) is 0 Å². The number of thioether (sulfide) groups is 1. The molecule has 0 bridgehead atoms. The van der Waals surface area contributed by atoms with Crippen molar-refractivity contribution in [2.45, 2.75) is 5.16 Å². The largest absolute Gasteiger partial charge is 0.324 e. The third kappa shape index (κ3) is 3.87. The minimum atomic E-state index is -0.270. The van der Waals surface area contributed by atoms with Crippen molar-refractivity contribution in [3.05, 3.63) is 50.0 Å². The van der Waals surface area contributed by atoms with E-state index in [1.807, 2.05) is 0 Å². The fourth-order valence-electron chi connectivity index (χ4n) is 1.83. The Hall–Kier alpha value is -1.54. The first kappa shape index (κ1) is 16.3. The summed E-state index contributed by atoms with van der Waals surface area (Å²) in [7, 11) is 0. The third-order valence-electron chi connectivity index (χ3n) is 2.86. The van der Waals surface area contributed by atoms with Gasteiger partial charge in [-0.05, 0) is 29.6 Å². The number of carbonyl (C=O) groups excluding carboxylic acids is 1. The Bertz CT molecular complexity index is 939. The standard InChI is InChI=1S/C14H9Cl2N3O2S2/c15-7-1-2-9(16)10(5-7)17-11(20)6-23-14-18-12(21)8-3-4-22-13(8)19-14/h1-5H,6H2,(H,17,20)(H,18,19,21). The van der Waals surface area contributed by atoms with E-state index in [-0.39, 0.29) is 17.2 Å². The number of hydrogen-bond donors (Lipinski definition) is 2. The van der Waals surface area contributed by atoms with Crippen LogP contribution in [0.2, 0.25) is 10.0 Å². The summed E-state index contributed by atoms with van der Waals surface area (Å²) in [4.78, 5) is 31.4. The van der Waals surface area contributed by atoms with Crippen LogP contribution < -0.4 is 10.9 Å². The number of benzene rings is 1.